The second-order valence-corrected chi connectivity index (χ2v) is 6.46. The molecule has 0 spiro atoms. The summed E-state index contributed by atoms with van der Waals surface area (Å²) in [5, 5.41) is 8.44. The molecular weight excluding hydrogens is 302 g/mol. The average Bonchev–Trinajstić information content (AvgIpc) is 3.28. The van der Waals surface area contributed by atoms with Crippen LogP contribution >= 0.6 is 0 Å². The molecule has 0 aliphatic carbocycles. The minimum absolute atomic E-state index is 0.382. The van der Waals surface area contributed by atoms with Crippen LogP contribution in [-0.4, -0.2) is 31.4 Å². The lowest BCUT2D eigenvalue weighted by molar-refractivity contribution is 0.212. The van der Waals surface area contributed by atoms with Crippen LogP contribution in [0.25, 0.3) is 11.4 Å². The van der Waals surface area contributed by atoms with Crippen LogP contribution in [0.3, 0.4) is 0 Å². The van der Waals surface area contributed by atoms with Crippen molar-refractivity contribution in [3.8, 4) is 11.4 Å². The Balaban J connectivity index is 1.51. The van der Waals surface area contributed by atoms with Crippen LogP contribution in [0.5, 0.6) is 0 Å². The Morgan fingerprint density at radius 1 is 1.33 bits per heavy atom. The Kier molecular flexibility index (Phi) is 3.90. The lowest BCUT2D eigenvalue weighted by Crippen LogP contribution is -2.22. The van der Waals surface area contributed by atoms with E-state index in [1.807, 2.05) is 30.1 Å². The standard InChI is InChI=1S/C18H21N5O/c1-13-5-3-6-14(9-13)18-20-17(24-21-18)12-23-8-4-7-16(23)15-10-19-22(2)11-15/h3,5-6,9-11,16H,4,7-8,12H2,1-2H3/t16-/m1/s1. The zero-order valence-corrected chi connectivity index (χ0v) is 14.0. The number of hydrogen-bond donors (Lipinski definition) is 0. The molecule has 24 heavy (non-hydrogen) atoms. The zero-order chi connectivity index (χ0) is 16.5. The summed E-state index contributed by atoms with van der Waals surface area (Å²) in [4.78, 5) is 6.97. The van der Waals surface area contributed by atoms with E-state index in [-0.39, 0.29) is 0 Å². The van der Waals surface area contributed by atoms with E-state index in [9.17, 15) is 0 Å². The van der Waals surface area contributed by atoms with E-state index in [1.165, 1.54) is 17.5 Å². The van der Waals surface area contributed by atoms with Crippen molar-refractivity contribution in [1.29, 1.82) is 0 Å². The van der Waals surface area contributed by atoms with Gasteiger partial charge >= 0.3 is 0 Å². The maximum atomic E-state index is 5.49. The lowest BCUT2D eigenvalue weighted by Gasteiger charge is -2.21. The van der Waals surface area contributed by atoms with Gasteiger partial charge in [0.15, 0.2) is 0 Å². The summed E-state index contributed by atoms with van der Waals surface area (Å²) >= 11 is 0. The topological polar surface area (TPSA) is 60.0 Å². The van der Waals surface area contributed by atoms with Crippen LogP contribution < -0.4 is 0 Å². The SMILES string of the molecule is Cc1cccc(-c2noc(CN3CCC[C@@H]3c3cnn(C)c3)n2)c1. The molecule has 6 heteroatoms. The molecule has 0 unspecified atom stereocenters. The van der Waals surface area contributed by atoms with E-state index < -0.39 is 0 Å². The first-order valence-electron chi connectivity index (χ1n) is 8.31. The van der Waals surface area contributed by atoms with Gasteiger partial charge < -0.3 is 4.52 Å². The van der Waals surface area contributed by atoms with Crippen LogP contribution in [0.1, 0.15) is 35.9 Å². The first-order chi connectivity index (χ1) is 11.7. The van der Waals surface area contributed by atoms with Gasteiger partial charge in [-0.1, -0.05) is 28.9 Å². The summed E-state index contributed by atoms with van der Waals surface area (Å²) in [6.45, 7) is 3.79. The molecule has 2 aromatic heterocycles. The van der Waals surface area contributed by atoms with Crippen LogP contribution in [0.2, 0.25) is 0 Å². The molecule has 0 bridgehead atoms. The van der Waals surface area contributed by atoms with Crippen LogP contribution in [0.4, 0.5) is 0 Å². The van der Waals surface area contributed by atoms with Gasteiger partial charge in [0.1, 0.15) is 0 Å². The fourth-order valence-corrected chi connectivity index (χ4v) is 3.40. The van der Waals surface area contributed by atoms with Crippen molar-refractivity contribution < 1.29 is 4.52 Å². The number of likely N-dealkylation sites (tertiary alicyclic amines) is 1. The summed E-state index contributed by atoms with van der Waals surface area (Å²) in [5.41, 5.74) is 3.44. The number of aromatic nitrogens is 4. The van der Waals surface area contributed by atoms with Crippen molar-refractivity contribution in [2.45, 2.75) is 32.4 Å². The normalized spacial score (nSPS) is 18.3. The highest BCUT2D eigenvalue weighted by Gasteiger charge is 2.28. The maximum Gasteiger partial charge on any atom is 0.241 e. The number of nitrogens with zero attached hydrogens (tertiary/aromatic N) is 5. The van der Waals surface area contributed by atoms with Gasteiger partial charge in [-0.3, -0.25) is 9.58 Å². The first-order valence-corrected chi connectivity index (χ1v) is 8.31. The third kappa shape index (κ3) is 2.97. The molecular formula is C18H21N5O. The van der Waals surface area contributed by atoms with Crippen LogP contribution in [0.15, 0.2) is 41.2 Å². The highest BCUT2D eigenvalue weighted by Crippen LogP contribution is 2.32. The highest BCUT2D eigenvalue weighted by atomic mass is 16.5. The summed E-state index contributed by atoms with van der Waals surface area (Å²) in [6.07, 6.45) is 6.37. The highest BCUT2D eigenvalue weighted by molar-refractivity contribution is 5.55. The largest absolute Gasteiger partial charge is 0.338 e. The Bertz CT molecular complexity index is 837. The van der Waals surface area contributed by atoms with Gasteiger partial charge in [-0.05, 0) is 32.4 Å². The zero-order valence-electron chi connectivity index (χ0n) is 14.0. The van der Waals surface area contributed by atoms with Gasteiger partial charge in [0.05, 0.1) is 12.7 Å². The number of benzene rings is 1. The van der Waals surface area contributed by atoms with Gasteiger partial charge in [-0.25, -0.2) is 0 Å². The van der Waals surface area contributed by atoms with Gasteiger partial charge in [-0.2, -0.15) is 10.1 Å². The second kappa shape index (κ2) is 6.20. The molecule has 1 atom stereocenters. The summed E-state index contributed by atoms with van der Waals surface area (Å²) in [6, 6.07) is 8.54. The average molecular weight is 323 g/mol. The molecule has 3 aromatic rings. The van der Waals surface area contributed by atoms with E-state index >= 15 is 0 Å². The third-order valence-electron chi connectivity index (χ3n) is 4.56. The smallest absolute Gasteiger partial charge is 0.241 e. The van der Waals surface area contributed by atoms with E-state index in [4.69, 9.17) is 4.52 Å². The summed E-state index contributed by atoms with van der Waals surface area (Å²) in [5.74, 6) is 1.33. The molecule has 4 rings (SSSR count). The molecule has 1 aliphatic rings. The van der Waals surface area contributed by atoms with Gasteiger partial charge in [0.25, 0.3) is 0 Å². The fourth-order valence-electron chi connectivity index (χ4n) is 3.40. The summed E-state index contributed by atoms with van der Waals surface area (Å²) < 4.78 is 7.34. The Morgan fingerprint density at radius 2 is 2.25 bits per heavy atom. The Hall–Kier alpha value is -2.47. The van der Waals surface area contributed by atoms with Gasteiger partial charge in [0.2, 0.25) is 11.7 Å². The Morgan fingerprint density at radius 3 is 3.04 bits per heavy atom. The van der Waals surface area contributed by atoms with E-state index in [2.05, 4.69) is 45.4 Å². The molecule has 6 nitrogen and oxygen atoms in total. The predicted octanol–water partition coefficient (Wildman–Crippen LogP) is 3.12. The van der Waals surface area contributed by atoms with Crippen LogP contribution in [0, 0.1) is 6.92 Å². The van der Waals surface area contributed by atoms with Crippen molar-refractivity contribution in [2.24, 2.45) is 7.05 Å². The quantitative estimate of drug-likeness (QED) is 0.738. The fraction of sp³-hybridized carbons (Fsp3) is 0.389. The van der Waals surface area contributed by atoms with E-state index in [1.54, 1.807) is 0 Å². The molecule has 1 aromatic carbocycles. The molecule has 1 fully saturated rings. The predicted molar refractivity (Wildman–Crippen MR) is 90.1 cm³/mol. The molecule has 0 saturated carbocycles. The summed E-state index contributed by atoms with van der Waals surface area (Å²) in [7, 11) is 1.95. The van der Waals surface area contributed by atoms with E-state index in [0.29, 0.717) is 24.3 Å². The molecule has 0 amide bonds. The van der Waals surface area contributed by atoms with Gasteiger partial charge in [0, 0.05) is 30.4 Å². The van der Waals surface area contributed by atoms with Crippen LogP contribution in [-0.2, 0) is 13.6 Å². The molecule has 1 aliphatic heterocycles. The van der Waals surface area contributed by atoms with Crippen molar-refractivity contribution in [3.05, 3.63) is 53.7 Å². The molecule has 0 N–H and O–H groups in total. The van der Waals surface area contributed by atoms with Gasteiger partial charge in [-0.15, -0.1) is 0 Å². The number of rotatable bonds is 4. The maximum absolute atomic E-state index is 5.49. The molecule has 1 saturated heterocycles. The van der Waals surface area contributed by atoms with Crippen molar-refractivity contribution >= 4 is 0 Å². The van der Waals surface area contributed by atoms with Crippen molar-refractivity contribution in [2.75, 3.05) is 6.54 Å². The number of aryl methyl sites for hydroxylation is 2. The molecule has 0 radical (unpaired) electrons. The minimum atomic E-state index is 0.382. The third-order valence-corrected chi connectivity index (χ3v) is 4.56. The van der Waals surface area contributed by atoms with E-state index in [0.717, 1.165) is 18.5 Å². The van der Waals surface area contributed by atoms with Crippen molar-refractivity contribution in [1.82, 2.24) is 24.8 Å². The molecule has 124 valence electrons. The second-order valence-electron chi connectivity index (χ2n) is 6.46. The monoisotopic (exact) mass is 323 g/mol. The molecule has 3 heterocycles. The van der Waals surface area contributed by atoms with Crippen molar-refractivity contribution in [3.63, 3.8) is 0 Å². The first kappa shape index (κ1) is 15.1. The minimum Gasteiger partial charge on any atom is -0.338 e. The Labute approximate surface area is 141 Å². The lowest BCUT2D eigenvalue weighted by atomic mass is 10.1. The number of hydrogen-bond acceptors (Lipinski definition) is 5.